The summed E-state index contributed by atoms with van der Waals surface area (Å²) in [5.74, 6) is 0.121. The lowest BCUT2D eigenvalue weighted by atomic mass is 9.86. The maximum absolute atomic E-state index is 11.3. The zero-order valence-electron chi connectivity index (χ0n) is 8.11. The monoisotopic (exact) mass is 222 g/mol. The van der Waals surface area contributed by atoms with Crippen LogP contribution in [0.15, 0.2) is 36.1 Å². The Morgan fingerprint density at radius 2 is 2.00 bits per heavy atom. The highest BCUT2D eigenvalue weighted by Gasteiger charge is 2.23. The Morgan fingerprint density at radius 1 is 1.27 bits per heavy atom. The second-order valence-electron chi connectivity index (χ2n) is 3.73. The van der Waals surface area contributed by atoms with Crippen LogP contribution in [-0.4, -0.2) is 10.9 Å². The number of carbonyl (C=O) groups excluding carboxylic acids is 1. The molecule has 2 nitrogen and oxygen atoms in total. The van der Waals surface area contributed by atoms with Crippen LogP contribution in [-0.2, 0) is 4.79 Å². The quantitative estimate of drug-likeness (QED) is 0.792. The molecule has 0 saturated heterocycles. The molecule has 0 radical (unpaired) electrons. The normalized spacial score (nSPS) is 21.3. The predicted octanol–water partition coefficient (Wildman–Crippen LogP) is 3.23. The Kier molecular flexibility index (Phi) is 2.78. The van der Waals surface area contributed by atoms with Gasteiger partial charge in [0.1, 0.15) is 0 Å². The number of aliphatic hydroxyl groups excluding tert-OH is 1. The maximum Gasteiger partial charge on any atom is 0.159 e. The summed E-state index contributed by atoms with van der Waals surface area (Å²) in [7, 11) is 0. The van der Waals surface area contributed by atoms with Gasteiger partial charge in [-0.15, -0.1) is 0 Å². The highest BCUT2D eigenvalue weighted by molar-refractivity contribution is 6.31. The van der Waals surface area contributed by atoms with Gasteiger partial charge in [-0.3, -0.25) is 4.79 Å². The molecule has 1 aliphatic carbocycles. The Morgan fingerprint density at radius 3 is 2.67 bits per heavy atom. The molecule has 0 heterocycles. The van der Waals surface area contributed by atoms with Crippen molar-refractivity contribution < 1.29 is 9.90 Å². The van der Waals surface area contributed by atoms with Gasteiger partial charge in [0.15, 0.2) is 5.78 Å². The molecule has 15 heavy (non-hydrogen) atoms. The molecule has 1 N–H and O–H groups in total. The van der Waals surface area contributed by atoms with Gasteiger partial charge in [-0.25, -0.2) is 0 Å². The summed E-state index contributed by atoms with van der Waals surface area (Å²) in [5.41, 5.74) is 0.937. The number of hydrogen-bond donors (Lipinski definition) is 1. The van der Waals surface area contributed by atoms with E-state index in [0.29, 0.717) is 17.9 Å². The van der Waals surface area contributed by atoms with Crippen LogP contribution in [0, 0.1) is 0 Å². The molecule has 0 saturated carbocycles. The first kappa shape index (κ1) is 10.2. The summed E-state index contributed by atoms with van der Waals surface area (Å²) >= 11 is 6.04. The first-order valence-corrected chi connectivity index (χ1v) is 5.21. The number of aliphatic hydroxyl groups is 1. The molecule has 1 unspecified atom stereocenters. The molecule has 78 valence electrons. The van der Waals surface area contributed by atoms with E-state index in [1.165, 1.54) is 6.08 Å². The smallest absolute Gasteiger partial charge is 0.159 e. The summed E-state index contributed by atoms with van der Waals surface area (Å²) < 4.78 is 0. The van der Waals surface area contributed by atoms with Crippen molar-refractivity contribution in [2.75, 3.05) is 0 Å². The van der Waals surface area contributed by atoms with Crippen molar-refractivity contribution in [2.45, 2.75) is 18.8 Å². The fourth-order valence-corrected chi connectivity index (χ4v) is 2.19. The van der Waals surface area contributed by atoms with Crippen LogP contribution < -0.4 is 0 Å². The SMILES string of the molecule is O=C1C=C(O)CC(c2ccccc2Cl)C1. The van der Waals surface area contributed by atoms with Crippen LogP contribution in [0.3, 0.4) is 0 Å². The van der Waals surface area contributed by atoms with Gasteiger partial charge < -0.3 is 5.11 Å². The van der Waals surface area contributed by atoms with Crippen molar-refractivity contribution in [1.82, 2.24) is 0 Å². The molecular weight excluding hydrogens is 212 g/mol. The van der Waals surface area contributed by atoms with Gasteiger partial charge in [0.2, 0.25) is 0 Å². The highest BCUT2D eigenvalue weighted by Crippen LogP contribution is 2.34. The van der Waals surface area contributed by atoms with Gasteiger partial charge in [0, 0.05) is 23.9 Å². The Bertz CT molecular complexity index is 423. The zero-order valence-corrected chi connectivity index (χ0v) is 8.87. The van der Waals surface area contributed by atoms with E-state index in [9.17, 15) is 9.90 Å². The first-order chi connectivity index (χ1) is 7.16. The molecule has 0 fully saturated rings. The average Bonchev–Trinajstić information content (AvgIpc) is 2.16. The molecule has 0 amide bonds. The van der Waals surface area contributed by atoms with Crippen LogP contribution in [0.4, 0.5) is 0 Å². The second-order valence-corrected chi connectivity index (χ2v) is 4.14. The van der Waals surface area contributed by atoms with Crippen molar-refractivity contribution in [2.24, 2.45) is 0 Å². The lowest BCUT2D eigenvalue weighted by Crippen LogP contribution is -2.12. The maximum atomic E-state index is 11.3. The van der Waals surface area contributed by atoms with E-state index >= 15 is 0 Å². The van der Waals surface area contributed by atoms with E-state index in [1.807, 2.05) is 18.2 Å². The number of allylic oxidation sites excluding steroid dienone is 2. The number of benzene rings is 1. The van der Waals surface area contributed by atoms with E-state index in [-0.39, 0.29) is 17.5 Å². The summed E-state index contributed by atoms with van der Waals surface area (Å²) in [6, 6.07) is 7.45. The third-order valence-corrected chi connectivity index (χ3v) is 2.92. The molecule has 1 atom stereocenters. The molecule has 1 aromatic rings. The zero-order chi connectivity index (χ0) is 10.8. The number of carbonyl (C=O) groups is 1. The van der Waals surface area contributed by atoms with Gasteiger partial charge in [-0.1, -0.05) is 29.8 Å². The number of ketones is 1. The van der Waals surface area contributed by atoms with Crippen LogP contribution in [0.1, 0.15) is 24.3 Å². The van der Waals surface area contributed by atoms with Crippen molar-refractivity contribution >= 4 is 17.4 Å². The molecule has 1 aromatic carbocycles. The summed E-state index contributed by atoms with van der Waals surface area (Å²) in [4.78, 5) is 11.3. The molecular formula is C12H11ClO2. The number of hydrogen-bond acceptors (Lipinski definition) is 2. The lowest BCUT2D eigenvalue weighted by molar-refractivity contribution is -0.115. The Hall–Kier alpha value is -1.28. The summed E-state index contributed by atoms with van der Waals surface area (Å²) in [6.45, 7) is 0. The third-order valence-electron chi connectivity index (χ3n) is 2.58. The third kappa shape index (κ3) is 2.21. The topological polar surface area (TPSA) is 37.3 Å². The Balaban J connectivity index is 2.30. The predicted molar refractivity (Wildman–Crippen MR) is 59.1 cm³/mol. The minimum absolute atomic E-state index is 0.0104. The van der Waals surface area contributed by atoms with Gasteiger partial charge in [-0.2, -0.15) is 0 Å². The second kappa shape index (κ2) is 4.07. The summed E-state index contributed by atoms with van der Waals surface area (Å²) in [6.07, 6.45) is 2.22. The largest absolute Gasteiger partial charge is 0.512 e. The standard InChI is InChI=1S/C12H11ClO2/c13-12-4-2-1-3-11(12)8-5-9(14)7-10(15)6-8/h1-4,7-8,14H,5-6H2. The van der Waals surface area contributed by atoms with Gasteiger partial charge in [0.05, 0.1) is 5.76 Å². The van der Waals surface area contributed by atoms with Crippen molar-refractivity contribution in [3.63, 3.8) is 0 Å². The van der Waals surface area contributed by atoms with Gasteiger partial charge in [0.25, 0.3) is 0 Å². The van der Waals surface area contributed by atoms with Gasteiger partial charge >= 0.3 is 0 Å². The molecule has 3 heteroatoms. The van der Waals surface area contributed by atoms with Crippen LogP contribution in [0.25, 0.3) is 0 Å². The lowest BCUT2D eigenvalue weighted by Gasteiger charge is -2.20. The van der Waals surface area contributed by atoms with E-state index in [0.717, 1.165) is 5.56 Å². The van der Waals surface area contributed by atoms with E-state index < -0.39 is 0 Å². The average molecular weight is 223 g/mol. The van der Waals surface area contributed by atoms with E-state index in [2.05, 4.69) is 0 Å². The fourth-order valence-electron chi connectivity index (χ4n) is 1.90. The molecule has 0 aromatic heterocycles. The van der Waals surface area contributed by atoms with Crippen molar-refractivity contribution in [1.29, 1.82) is 0 Å². The molecule has 1 aliphatic rings. The minimum atomic E-state index is -0.0383. The first-order valence-electron chi connectivity index (χ1n) is 4.83. The van der Waals surface area contributed by atoms with E-state index in [1.54, 1.807) is 6.07 Å². The molecule has 2 rings (SSSR count). The molecule has 0 spiro atoms. The fraction of sp³-hybridized carbons (Fsp3) is 0.250. The highest BCUT2D eigenvalue weighted by atomic mass is 35.5. The van der Waals surface area contributed by atoms with Crippen LogP contribution >= 0.6 is 11.6 Å². The molecule has 0 bridgehead atoms. The minimum Gasteiger partial charge on any atom is -0.512 e. The summed E-state index contributed by atoms with van der Waals surface area (Å²) in [5, 5.41) is 10.1. The Labute approximate surface area is 93.2 Å². The van der Waals surface area contributed by atoms with Crippen LogP contribution in [0.5, 0.6) is 0 Å². The number of halogens is 1. The molecule has 0 aliphatic heterocycles. The number of rotatable bonds is 1. The van der Waals surface area contributed by atoms with Crippen molar-refractivity contribution in [3.05, 3.63) is 46.7 Å². The van der Waals surface area contributed by atoms with Crippen molar-refractivity contribution in [3.8, 4) is 0 Å². The van der Waals surface area contributed by atoms with Gasteiger partial charge in [-0.05, 0) is 17.5 Å². The van der Waals surface area contributed by atoms with Crippen LogP contribution in [0.2, 0.25) is 5.02 Å². The van der Waals surface area contributed by atoms with E-state index in [4.69, 9.17) is 11.6 Å².